The summed E-state index contributed by atoms with van der Waals surface area (Å²) >= 11 is 0. The lowest BCUT2D eigenvalue weighted by atomic mass is 9.98. The van der Waals surface area contributed by atoms with Crippen LogP contribution < -0.4 is 28.4 Å². The first-order valence-electron chi connectivity index (χ1n) is 18.1. The second-order valence-electron chi connectivity index (χ2n) is 14.9. The largest absolute Gasteiger partial charge is 0.488 e. The van der Waals surface area contributed by atoms with Gasteiger partial charge in [-0.05, 0) is 111 Å². The molecule has 0 atom stereocenters. The fraction of sp³-hybridized carbons (Fsp3) is 0.538. The van der Waals surface area contributed by atoms with Gasteiger partial charge in [-0.2, -0.15) is 8.78 Å². The number of rotatable bonds is 19. The van der Waals surface area contributed by atoms with Crippen LogP contribution in [0.4, 0.5) is 30.7 Å². The second kappa shape index (κ2) is 14.1. The van der Waals surface area contributed by atoms with Gasteiger partial charge in [0.2, 0.25) is 17.2 Å². The van der Waals surface area contributed by atoms with Crippen molar-refractivity contribution in [3.8, 4) is 45.6 Å². The lowest BCUT2D eigenvalue weighted by Crippen LogP contribution is -2.25. The Balaban J connectivity index is 1.26. The highest BCUT2D eigenvalue weighted by Crippen LogP contribution is 2.59. The molecule has 5 saturated carbocycles. The molecule has 13 heteroatoms. The van der Waals surface area contributed by atoms with Crippen LogP contribution in [0.25, 0.3) is 11.1 Å². The van der Waals surface area contributed by atoms with Crippen molar-refractivity contribution >= 4 is 0 Å². The van der Waals surface area contributed by atoms with Crippen LogP contribution in [0.2, 0.25) is 0 Å². The fourth-order valence-electron chi connectivity index (χ4n) is 5.78. The quantitative estimate of drug-likeness (QED) is 0.0903. The van der Waals surface area contributed by atoms with E-state index in [1.54, 1.807) is 0 Å². The monoisotopic (exact) mass is 736 g/mol. The summed E-state index contributed by atoms with van der Waals surface area (Å²) in [5, 5.41) is 0. The van der Waals surface area contributed by atoms with E-state index in [1.807, 2.05) is 0 Å². The zero-order valence-electron chi connectivity index (χ0n) is 28.4. The van der Waals surface area contributed by atoms with Gasteiger partial charge in [-0.15, -0.1) is 0 Å². The van der Waals surface area contributed by atoms with Gasteiger partial charge in [0, 0.05) is 12.1 Å². The molecular weight excluding hydrogens is 697 g/mol. The van der Waals surface area contributed by atoms with Gasteiger partial charge in [-0.3, -0.25) is 0 Å². The average molecular weight is 737 g/mol. The first-order chi connectivity index (χ1) is 25.0. The van der Waals surface area contributed by atoms with Gasteiger partial charge in [0.25, 0.3) is 0 Å². The lowest BCUT2D eigenvalue weighted by molar-refractivity contribution is -0.189. The van der Waals surface area contributed by atoms with Gasteiger partial charge in [0.05, 0.1) is 38.6 Å². The molecule has 0 heterocycles. The molecule has 3 aromatic rings. The molecule has 0 radical (unpaired) electrons. The number of hydrogen-bond donors (Lipinski definition) is 0. The van der Waals surface area contributed by atoms with E-state index in [9.17, 15) is 13.2 Å². The number of benzene rings is 3. The second-order valence-corrected chi connectivity index (χ2v) is 14.9. The average Bonchev–Trinajstić information content (AvgIpc) is 3.89. The molecule has 0 aromatic heterocycles. The Kier molecular flexibility index (Phi) is 9.48. The van der Waals surface area contributed by atoms with E-state index >= 15 is 17.6 Å². The van der Waals surface area contributed by atoms with Crippen LogP contribution in [0.3, 0.4) is 0 Å². The molecule has 52 heavy (non-hydrogen) atoms. The molecule has 0 spiro atoms. The molecule has 8 rings (SSSR count). The number of ether oxygens (including phenoxy) is 6. The van der Waals surface area contributed by atoms with Crippen LogP contribution in [0, 0.1) is 58.7 Å². The molecule has 0 saturated heterocycles. The summed E-state index contributed by atoms with van der Waals surface area (Å²) in [5.74, 6) is -7.83. The Morgan fingerprint density at radius 2 is 0.788 bits per heavy atom. The summed E-state index contributed by atoms with van der Waals surface area (Å²) in [6.07, 6.45) is 4.88. The van der Waals surface area contributed by atoms with Crippen LogP contribution in [-0.2, 0) is 6.11 Å². The Morgan fingerprint density at radius 3 is 1.13 bits per heavy atom. The van der Waals surface area contributed by atoms with E-state index in [0.29, 0.717) is 49.7 Å². The highest BCUT2D eigenvalue weighted by molar-refractivity contribution is 5.87. The van der Waals surface area contributed by atoms with E-state index in [2.05, 4.69) is 4.74 Å². The third kappa shape index (κ3) is 8.12. The standard InChI is InChI=1S/C39H39F7O6/c40-27-11-25(12-28(41)32(27)39(45,46)52-26-13-29(42)33(44)30(43)14-26)31-34(47-15-20-1-2-20)36(49-17-22-5-6-22)38(51-19-24-9-10-24)37(50-18-23-7-8-23)35(31)48-16-21-3-4-21/h11-14,20-24H,1-10,15-19H2. The molecule has 0 aliphatic heterocycles. The first-order valence-corrected chi connectivity index (χ1v) is 18.1. The van der Waals surface area contributed by atoms with Crippen molar-refractivity contribution in [1.29, 1.82) is 0 Å². The third-order valence-electron chi connectivity index (χ3n) is 9.91. The summed E-state index contributed by atoms with van der Waals surface area (Å²) in [6, 6.07) is 1.71. The van der Waals surface area contributed by atoms with E-state index in [0.717, 1.165) is 64.2 Å². The van der Waals surface area contributed by atoms with Gasteiger partial charge in [0.1, 0.15) is 22.9 Å². The minimum atomic E-state index is -4.77. The van der Waals surface area contributed by atoms with Gasteiger partial charge in [0.15, 0.2) is 29.0 Å². The van der Waals surface area contributed by atoms with Crippen molar-refractivity contribution in [3.63, 3.8) is 0 Å². The normalized spacial score (nSPS) is 18.7. The molecule has 280 valence electrons. The summed E-state index contributed by atoms with van der Waals surface area (Å²) in [6.45, 7) is 1.58. The van der Waals surface area contributed by atoms with E-state index in [4.69, 9.17) is 23.7 Å². The van der Waals surface area contributed by atoms with E-state index in [1.165, 1.54) is 0 Å². The van der Waals surface area contributed by atoms with Crippen LogP contribution in [0.5, 0.6) is 34.5 Å². The van der Waals surface area contributed by atoms with Crippen molar-refractivity contribution in [2.24, 2.45) is 29.6 Å². The van der Waals surface area contributed by atoms with Crippen molar-refractivity contribution < 1.29 is 59.2 Å². The Morgan fingerprint density at radius 1 is 0.462 bits per heavy atom. The van der Waals surface area contributed by atoms with Crippen LogP contribution in [0.1, 0.15) is 69.8 Å². The zero-order valence-corrected chi connectivity index (χ0v) is 28.4. The molecule has 3 aromatic carbocycles. The van der Waals surface area contributed by atoms with Crippen LogP contribution in [0.15, 0.2) is 24.3 Å². The number of hydrogen-bond acceptors (Lipinski definition) is 6. The van der Waals surface area contributed by atoms with Crippen molar-refractivity contribution in [1.82, 2.24) is 0 Å². The summed E-state index contributed by atoms with van der Waals surface area (Å²) in [4.78, 5) is 0. The highest BCUT2D eigenvalue weighted by atomic mass is 19.3. The summed E-state index contributed by atoms with van der Waals surface area (Å²) < 4.78 is 140. The fourth-order valence-corrected chi connectivity index (χ4v) is 5.78. The van der Waals surface area contributed by atoms with Crippen LogP contribution in [-0.4, -0.2) is 33.0 Å². The molecular formula is C39H39F7O6. The highest BCUT2D eigenvalue weighted by Gasteiger charge is 2.43. The summed E-state index contributed by atoms with van der Waals surface area (Å²) in [5.41, 5.74) is -1.96. The molecule has 6 nitrogen and oxygen atoms in total. The Labute approximate surface area is 296 Å². The first kappa shape index (κ1) is 35.0. The Hall–Kier alpha value is -4.03. The van der Waals surface area contributed by atoms with Crippen molar-refractivity contribution in [2.45, 2.75) is 70.3 Å². The van der Waals surface area contributed by atoms with Gasteiger partial charge in [-0.25, -0.2) is 22.0 Å². The van der Waals surface area contributed by atoms with E-state index < -0.39 is 46.5 Å². The van der Waals surface area contributed by atoms with Gasteiger partial charge < -0.3 is 28.4 Å². The molecule has 0 N–H and O–H groups in total. The van der Waals surface area contributed by atoms with Gasteiger partial charge in [-0.1, -0.05) is 0 Å². The molecule has 0 bridgehead atoms. The molecule has 5 aliphatic rings. The number of halogens is 7. The minimum Gasteiger partial charge on any atom is -0.488 e. The molecule has 0 amide bonds. The Bertz CT molecular complexity index is 1710. The van der Waals surface area contributed by atoms with Gasteiger partial charge >= 0.3 is 6.11 Å². The predicted molar refractivity (Wildman–Crippen MR) is 174 cm³/mol. The molecule has 0 unspecified atom stereocenters. The van der Waals surface area contributed by atoms with E-state index in [-0.39, 0.29) is 77.1 Å². The van der Waals surface area contributed by atoms with Crippen molar-refractivity contribution in [2.75, 3.05) is 33.0 Å². The SMILES string of the molecule is Fc1cc(OC(F)(F)c2c(F)cc(-c3c(OCC4CC4)c(OCC4CC4)c(OCC4CC4)c(OCC4CC4)c3OCC3CC3)cc2F)cc(F)c1F. The molecule has 5 fully saturated rings. The van der Waals surface area contributed by atoms with Crippen LogP contribution >= 0.6 is 0 Å². The maximum Gasteiger partial charge on any atom is 0.432 e. The summed E-state index contributed by atoms with van der Waals surface area (Å²) in [7, 11) is 0. The zero-order chi connectivity index (χ0) is 36.1. The lowest BCUT2D eigenvalue weighted by Gasteiger charge is -2.27. The van der Waals surface area contributed by atoms with Crippen molar-refractivity contribution in [3.05, 3.63) is 58.9 Å². The minimum absolute atomic E-state index is 0.0629. The third-order valence-corrected chi connectivity index (χ3v) is 9.91. The molecule has 5 aliphatic carbocycles. The maximum absolute atomic E-state index is 16.0. The predicted octanol–water partition coefficient (Wildman–Crippen LogP) is 10.1. The maximum atomic E-state index is 16.0. The number of alkyl halides is 2. The smallest absolute Gasteiger partial charge is 0.432 e. The topological polar surface area (TPSA) is 55.4 Å².